The van der Waals surface area contributed by atoms with Crippen LogP contribution in [0.4, 0.5) is 0 Å². The number of fused-ring (bicyclic) bond motifs is 3. The third kappa shape index (κ3) is 3.07. The van der Waals surface area contributed by atoms with Crippen LogP contribution in [-0.2, 0) is 24.2 Å². The molecule has 2 heterocycles. The summed E-state index contributed by atoms with van der Waals surface area (Å²) in [5.41, 5.74) is 1.11. The molecule has 0 radical (unpaired) electrons. The number of thioether (sulfide) groups is 1. The van der Waals surface area contributed by atoms with E-state index in [0.29, 0.717) is 11.7 Å². The Labute approximate surface area is 152 Å². The van der Waals surface area contributed by atoms with Gasteiger partial charge in [0.1, 0.15) is 4.83 Å². The molecule has 0 atom stereocenters. The normalized spacial score (nSPS) is 13.2. The number of carboxylic acids is 1. The fourth-order valence-electron chi connectivity index (χ4n) is 2.57. The van der Waals surface area contributed by atoms with Crippen LogP contribution < -0.4 is 40.2 Å². The first-order valence-corrected chi connectivity index (χ1v) is 8.29. The first-order valence-electron chi connectivity index (χ1n) is 6.49. The molecule has 0 unspecified atom stereocenters. The summed E-state index contributed by atoms with van der Waals surface area (Å²) in [5.74, 6) is -1.34. The summed E-state index contributed by atoms with van der Waals surface area (Å²) in [4.78, 5) is 29.7. The van der Waals surface area contributed by atoms with Crippen LogP contribution in [0.3, 0.4) is 0 Å². The molecule has 0 amide bonds. The van der Waals surface area contributed by atoms with Crippen molar-refractivity contribution in [2.75, 3.05) is 5.75 Å². The van der Waals surface area contributed by atoms with E-state index in [4.69, 9.17) is 0 Å². The van der Waals surface area contributed by atoms with Crippen LogP contribution in [0.15, 0.2) is 9.95 Å². The van der Waals surface area contributed by atoms with E-state index < -0.39 is 5.97 Å². The van der Waals surface area contributed by atoms with E-state index in [1.165, 1.54) is 4.88 Å². The summed E-state index contributed by atoms with van der Waals surface area (Å²) in [6.07, 6.45) is 3.06. The Bertz CT molecular complexity index is 754. The molecule has 106 valence electrons. The molecule has 2 aromatic heterocycles. The largest absolute Gasteiger partial charge is 1.00 e. The Balaban J connectivity index is 0.00000161. The summed E-state index contributed by atoms with van der Waals surface area (Å²) in [6, 6.07) is 0. The molecular weight excluding hydrogens is 319 g/mol. The van der Waals surface area contributed by atoms with Crippen LogP contribution in [0.5, 0.6) is 0 Å². The number of aliphatic carboxylic acids is 1. The Hall–Kier alpha value is -0.340. The second kappa shape index (κ2) is 6.83. The Kier molecular flexibility index (Phi) is 5.54. The maximum absolute atomic E-state index is 12.6. The number of thiophene rings is 1. The molecule has 1 aliphatic carbocycles. The van der Waals surface area contributed by atoms with Gasteiger partial charge in [-0.3, -0.25) is 9.36 Å². The van der Waals surface area contributed by atoms with Gasteiger partial charge in [0, 0.05) is 17.2 Å². The van der Waals surface area contributed by atoms with E-state index >= 15 is 0 Å². The van der Waals surface area contributed by atoms with Crippen molar-refractivity contribution >= 4 is 39.3 Å². The van der Waals surface area contributed by atoms with Crippen molar-refractivity contribution in [1.29, 1.82) is 0 Å². The van der Waals surface area contributed by atoms with Gasteiger partial charge in [-0.15, -0.1) is 11.3 Å². The maximum atomic E-state index is 12.6. The van der Waals surface area contributed by atoms with Gasteiger partial charge in [0.2, 0.25) is 0 Å². The number of carbonyl (C=O) groups excluding carboxylic acids is 1. The minimum Gasteiger partial charge on any atom is -0.549 e. The smallest absolute Gasteiger partial charge is 0.549 e. The molecule has 0 aliphatic heterocycles. The van der Waals surface area contributed by atoms with E-state index in [2.05, 4.69) is 4.98 Å². The standard InChI is InChI=1S/C13H14N2O3S2.Na/c1-2-15-12(18)10-7-4-3-5-8(7)20-11(10)14-13(15)19-6-9(16)17;/h2-6H2,1H3,(H,16,17);/q;+1/p-1. The molecule has 2 aromatic rings. The topological polar surface area (TPSA) is 75.0 Å². The van der Waals surface area contributed by atoms with Crippen molar-refractivity contribution in [2.45, 2.75) is 37.9 Å². The zero-order valence-corrected chi connectivity index (χ0v) is 15.6. The molecular formula is C13H13N2NaO3S2. The minimum atomic E-state index is -1.15. The second-order valence-electron chi connectivity index (χ2n) is 4.64. The van der Waals surface area contributed by atoms with Crippen molar-refractivity contribution in [1.82, 2.24) is 9.55 Å². The molecule has 1 aliphatic rings. The fraction of sp³-hybridized carbons (Fsp3) is 0.462. The first kappa shape index (κ1) is 17.0. The molecule has 21 heavy (non-hydrogen) atoms. The van der Waals surface area contributed by atoms with E-state index in [1.807, 2.05) is 6.92 Å². The van der Waals surface area contributed by atoms with Gasteiger partial charge in [-0.05, 0) is 31.7 Å². The quantitative estimate of drug-likeness (QED) is 0.361. The van der Waals surface area contributed by atoms with E-state index in [9.17, 15) is 14.7 Å². The molecule has 3 rings (SSSR count). The summed E-state index contributed by atoms with van der Waals surface area (Å²) >= 11 is 2.61. The average Bonchev–Trinajstić information content (AvgIpc) is 2.96. The van der Waals surface area contributed by atoms with Crippen LogP contribution in [0.2, 0.25) is 0 Å². The van der Waals surface area contributed by atoms with Crippen LogP contribution in [-0.4, -0.2) is 21.3 Å². The number of nitrogens with zero attached hydrogens (tertiary/aromatic N) is 2. The van der Waals surface area contributed by atoms with Crippen LogP contribution >= 0.6 is 23.1 Å². The summed E-state index contributed by atoms with van der Waals surface area (Å²) < 4.78 is 1.56. The van der Waals surface area contributed by atoms with Gasteiger partial charge >= 0.3 is 29.6 Å². The molecule has 0 spiro atoms. The first-order chi connectivity index (χ1) is 9.61. The van der Waals surface area contributed by atoms with E-state index in [-0.39, 0.29) is 40.9 Å². The zero-order chi connectivity index (χ0) is 14.3. The molecule has 0 saturated heterocycles. The van der Waals surface area contributed by atoms with Crippen molar-refractivity contribution in [3.05, 3.63) is 20.8 Å². The van der Waals surface area contributed by atoms with E-state index in [0.717, 1.165) is 46.8 Å². The molecule has 0 bridgehead atoms. The number of carbonyl (C=O) groups is 1. The van der Waals surface area contributed by atoms with Gasteiger partial charge in [-0.1, -0.05) is 11.8 Å². The molecule has 0 N–H and O–H groups in total. The Morgan fingerprint density at radius 2 is 2.24 bits per heavy atom. The third-order valence-electron chi connectivity index (χ3n) is 3.43. The second-order valence-corrected chi connectivity index (χ2v) is 6.67. The summed E-state index contributed by atoms with van der Waals surface area (Å²) in [6.45, 7) is 2.35. The SMILES string of the molecule is CCn1c(SCC(=O)[O-])nc2sc3c(c2c1=O)CCC3.[Na+]. The number of aromatic nitrogens is 2. The predicted octanol–water partition coefficient (Wildman–Crippen LogP) is -2.19. The average molecular weight is 332 g/mol. The van der Waals surface area contributed by atoms with Crippen molar-refractivity contribution < 1.29 is 39.5 Å². The van der Waals surface area contributed by atoms with Crippen LogP contribution in [0.1, 0.15) is 23.8 Å². The molecule has 0 aromatic carbocycles. The van der Waals surface area contributed by atoms with Gasteiger partial charge in [-0.25, -0.2) is 4.98 Å². The van der Waals surface area contributed by atoms with Crippen molar-refractivity contribution in [3.63, 3.8) is 0 Å². The summed E-state index contributed by atoms with van der Waals surface area (Å²) in [5, 5.41) is 11.8. The number of carboxylic acid groups (broad SMARTS) is 1. The maximum Gasteiger partial charge on any atom is 1.00 e. The molecule has 0 fully saturated rings. The number of rotatable bonds is 4. The Morgan fingerprint density at radius 3 is 2.90 bits per heavy atom. The zero-order valence-electron chi connectivity index (χ0n) is 12.0. The van der Waals surface area contributed by atoms with Gasteiger partial charge in [0.25, 0.3) is 5.56 Å². The molecule has 5 nitrogen and oxygen atoms in total. The molecule has 0 saturated carbocycles. The van der Waals surface area contributed by atoms with Gasteiger partial charge in [-0.2, -0.15) is 0 Å². The molecule has 8 heteroatoms. The number of hydrogen-bond donors (Lipinski definition) is 0. The van der Waals surface area contributed by atoms with Crippen molar-refractivity contribution in [2.24, 2.45) is 0 Å². The minimum absolute atomic E-state index is 0. The monoisotopic (exact) mass is 332 g/mol. The van der Waals surface area contributed by atoms with Crippen LogP contribution in [0, 0.1) is 0 Å². The number of aryl methyl sites for hydroxylation is 2. The van der Waals surface area contributed by atoms with Gasteiger partial charge in [0.15, 0.2) is 5.16 Å². The summed E-state index contributed by atoms with van der Waals surface area (Å²) in [7, 11) is 0. The predicted molar refractivity (Wildman–Crippen MR) is 77.3 cm³/mol. The van der Waals surface area contributed by atoms with Gasteiger partial charge in [0.05, 0.1) is 11.4 Å². The van der Waals surface area contributed by atoms with E-state index in [1.54, 1.807) is 15.9 Å². The van der Waals surface area contributed by atoms with Gasteiger partial charge < -0.3 is 9.90 Å². The number of hydrogen-bond acceptors (Lipinski definition) is 6. The van der Waals surface area contributed by atoms with Crippen LogP contribution in [0.25, 0.3) is 10.2 Å². The Morgan fingerprint density at radius 1 is 1.48 bits per heavy atom. The van der Waals surface area contributed by atoms with Crippen molar-refractivity contribution in [3.8, 4) is 0 Å². The fourth-order valence-corrected chi connectivity index (χ4v) is 4.65. The third-order valence-corrected chi connectivity index (χ3v) is 5.56.